The highest BCUT2D eigenvalue weighted by atomic mass is 32.2. The number of carbonyl (C=O) groups excluding carboxylic acids is 1. The van der Waals surface area contributed by atoms with Crippen LogP contribution < -0.4 is 4.74 Å². The van der Waals surface area contributed by atoms with Gasteiger partial charge in [-0.15, -0.1) is 11.8 Å². The van der Waals surface area contributed by atoms with Crippen molar-refractivity contribution < 1.29 is 14.3 Å². The largest absolute Gasteiger partial charge is 0.492 e. The van der Waals surface area contributed by atoms with Gasteiger partial charge in [-0.25, -0.2) is 0 Å². The maximum Gasteiger partial charge on any atom is 0.140 e. The number of thioether (sulfide) groups is 1. The molecule has 1 aromatic carbocycles. The number of benzene rings is 1. The fourth-order valence-corrected chi connectivity index (χ4v) is 5.47. The number of fused-ring (bicyclic) bond motifs is 2. The molecule has 3 unspecified atom stereocenters. The molecule has 0 N–H and O–H groups in total. The molecule has 3 fully saturated rings. The van der Waals surface area contributed by atoms with Gasteiger partial charge < -0.3 is 9.47 Å². The minimum absolute atomic E-state index is 0.299. The van der Waals surface area contributed by atoms with Crippen molar-refractivity contribution in [3.05, 3.63) is 24.3 Å². The number of Topliss-reactive ketones (excluding diaryl/α,β-unsaturated/α-hetero) is 1. The van der Waals surface area contributed by atoms with Crippen LogP contribution in [0.3, 0.4) is 0 Å². The molecule has 4 nitrogen and oxygen atoms in total. The lowest BCUT2D eigenvalue weighted by molar-refractivity contribution is -0.125. The Morgan fingerprint density at radius 2 is 1.96 bits per heavy atom. The fourth-order valence-electron chi connectivity index (χ4n) is 4.33. The van der Waals surface area contributed by atoms with Crippen LogP contribution in [0, 0.1) is 17.8 Å². The minimum Gasteiger partial charge on any atom is -0.492 e. The van der Waals surface area contributed by atoms with Crippen LogP contribution in [0.1, 0.15) is 19.3 Å². The molecule has 25 heavy (non-hydrogen) atoms. The van der Waals surface area contributed by atoms with Crippen LogP contribution in [0.5, 0.6) is 5.75 Å². The number of hydrogen-bond donors (Lipinski definition) is 0. The number of nitrogens with zero attached hydrogens (tertiary/aromatic N) is 1. The van der Waals surface area contributed by atoms with Crippen molar-refractivity contribution in [2.45, 2.75) is 24.2 Å². The number of hydrogen-bond acceptors (Lipinski definition) is 5. The van der Waals surface area contributed by atoms with Gasteiger partial charge in [-0.3, -0.25) is 9.69 Å². The first-order valence-electron chi connectivity index (χ1n) is 9.49. The lowest BCUT2D eigenvalue weighted by atomic mass is 9.89. The smallest absolute Gasteiger partial charge is 0.140 e. The third-order valence-corrected chi connectivity index (χ3v) is 6.97. The van der Waals surface area contributed by atoms with Crippen molar-refractivity contribution in [2.24, 2.45) is 17.8 Å². The molecule has 3 aliphatic rings. The molecule has 0 amide bonds. The van der Waals surface area contributed by atoms with Gasteiger partial charge in [-0.2, -0.15) is 0 Å². The molecule has 4 rings (SSSR count). The molecule has 2 saturated carbocycles. The molecule has 2 aliphatic carbocycles. The molecule has 0 radical (unpaired) electrons. The second-order valence-electron chi connectivity index (χ2n) is 7.36. The van der Waals surface area contributed by atoms with E-state index < -0.39 is 0 Å². The highest BCUT2D eigenvalue weighted by molar-refractivity contribution is 7.99. The zero-order chi connectivity index (χ0) is 17.1. The van der Waals surface area contributed by atoms with Gasteiger partial charge >= 0.3 is 0 Å². The van der Waals surface area contributed by atoms with Gasteiger partial charge in [-0.1, -0.05) is 0 Å². The molecule has 5 heteroatoms. The van der Waals surface area contributed by atoms with E-state index in [1.165, 1.54) is 11.3 Å². The number of ether oxygens (including phenoxy) is 2. The molecule has 0 aromatic heterocycles. The molecule has 0 spiro atoms. The van der Waals surface area contributed by atoms with Crippen LogP contribution in [0.15, 0.2) is 29.2 Å². The predicted molar refractivity (Wildman–Crippen MR) is 99.2 cm³/mol. The van der Waals surface area contributed by atoms with E-state index in [1.807, 2.05) is 23.9 Å². The summed E-state index contributed by atoms with van der Waals surface area (Å²) in [5, 5.41) is 0. The summed E-state index contributed by atoms with van der Waals surface area (Å²) in [5.41, 5.74) is 0. The Balaban J connectivity index is 1.20. The first-order chi connectivity index (χ1) is 12.3. The summed E-state index contributed by atoms with van der Waals surface area (Å²) in [6.45, 7) is 5.33. The topological polar surface area (TPSA) is 38.8 Å². The summed E-state index contributed by atoms with van der Waals surface area (Å²) in [4.78, 5) is 15.9. The van der Waals surface area contributed by atoms with Crippen molar-refractivity contribution in [1.82, 2.24) is 4.90 Å². The Hall–Kier alpha value is -1.04. The van der Waals surface area contributed by atoms with Gasteiger partial charge in [0.1, 0.15) is 18.1 Å². The lowest BCUT2D eigenvalue weighted by Crippen LogP contribution is -2.38. The first kappa shape index (κ1) is 17.4. The number of ketones is 1. The van der Waals surface area contributed by atoms with E-state index in [2.05, 4.69) is 17.0 Å². The average molecular weight is 362 g/mol. The molecule has 1 saturated heterocycles. The summed E-state index contributed by atoms with van der Waals surface area (Å²) in [6, 6.07) is 8.33. The molecule has 1 aromatic rings. The number of rotatable bonds is 7. The molecular weight excluding hydrogens is 334 g/mol. The third-order valence-electron chi connectivity index (χ3n) is 5.84. The highest BCUT2D eigenvalue weighted by Gasteiger charge is 2.46. The van der Waals surface area contributed by atoms with Gasteiger partial charge in [0.05, 0.1) is 13.2 Å². The molecule has 136 valence electrons. The fraction of sp³-hybridized carbons (Fsp3) is 0.650. The molecule has 3 atom stereocenters. The Kier molecular flexibility index (Phi) is 5.63. The monoisotopic (exact) mass is 361 g/mol. The maximum absolute atomic E-state index is 12.2. The van der Waals surface area contributed by atoms with Crippen LogP contribution in [0.2, 0.25) is 0 Å². The predicted octanol–water partition coefficient (Wildman–Crippen LogP) is 3.10. The average Bonchev–Trinajstić information content (AvgIpc) is 3.24. The molecule has 1 aliphatic heterocycles. The van der Waals surface area contributed by atoms with Gasteiger partial charge in [0.25, 0.3) is 0 Å². The summed E-state index contributed by atoms with van der Waals surface area (Å²) >= 11 is 1.82. The van der Waals surface area contributed by atoms with Crippen LogP contribution >= 0.6 is 11.8 Å². The van der Waals surface area contributed by atoms with Gasteiger partial charge in [0, 0.05) is 42.1 Å². The number of morpholine rings is 1. The second-order valence-corrected chi connectivity index (χ2v) is 8.46. The molecule has 2 bridgehead atoms. The Morgan fingerprint density at radius 3 is 2.68 bits per heavy atom. The second kappa shape index (κ2) is 8.11. The van der Waals surface area contributed by atoms with Gasteiger partial charge in [-0.05, 0) is 49.4 Å². The maximum atomic E-state index is 12.2. The normalized spacial score (nSPS) is 29.3. The van der Waals surface area contributed by atoms with Crippen LogP contribution in [0.25, 0.3) is 0 Å². The Morgan fingerprint density at radius 1 is 1.16 bits per heavy atom. The van der Waals surface area contributed by atoms with E-state index in [0.717, 1.165) is 57.2 Å². The lowest BCUT2D eigenvalue weighted by Gasteiger charge is -2.26. The summed E-state index contributed by atoms with van der Waals surface area (Å²) in [6.07, 6.45) is 3.55. The van der Waals surface area contributed by atoms with E-state index in [0.29, 0.717) is 30.1 Å². The highest BCUT2D eigenvalue weighted by Crippen LogP contribution is 2.47. The van der Waals surface area contributed by atoms with Crippen molar-refractivity contribution >= 4 is 17.5 Å². The van der Waals surface area contributed by atoms with E-state index in [-0.39, 0.29) is 0 Å². The van der Waals surface area contributed by atoms with Crippen LogP contribution in [0.4, 0.5) is 0 Å². The van der Waals surface area contributed by atoms with Crippen molar-refractivity contribution in [3.8, 4) is 5.75 Å². The van der Waals surface area contributed by atoms with Crippen LogP contribution in [-0.4, -0.2) is 55.9 Å². The van der Waals surface area contributed by atoms with E-state index in [9.17, 15) is 4.79 Å². The summed E-state index contributed by atoms with van der Waals surface area (Å²) in [5.74, 6) is 3.75. The SMILES string of the molecule is O=C1C2CCC(C2)C1CSc1ccc(OCCN2CCOCC2)cc1. The molecule has 1 heterocycles. The number of carbonyl (C=O) groups is 1. The third kappa shape index (κ3) is 4.21. The van der Waals surface area contributed by atoms with E-state index in [4.69, 9.17) is 9.47 Å². The Bertz CT molecular complexity index is 585. The zero-order valence-corrected chi connectivity index (χ0v) is 15.5. The van der Waals surface area contributed by atoms with Gasteiger partial charge in [0.2, 0.25) is 0 Å². The van der Waals surface area contributed by atoms with E-state index in [1.54, 1.807) is 0 Å². The van der Waals surface area contributed by atoms with Gasteiger partial charge in [0.15, 0.2) is 0 Å². The van der Waals surface area contributed by atoms with E-state index >= 15 is 0 Å². The summed E-state index contributed by atoms with van der Waals surface area (Å²) < 4.78 is 11.2. The molecular formula is C20H27NO3S. The first-order valence-corrected chi connectivity index (χ1v) is 10.5. The van der Waals surface area contributed by atoms with Crippen LogP contribution in [-0.2, 0) is 9.53 Å². The quantitative estimate of drug-likeness (QED) is 0.698. The van der Waals surface area contributed by atoms with Crippen molar-refractivity contribution in [3.63, 3.8) is 0 Å². The Labute approximate surface area is 154 Å². The van der Waals surface area contributed by atoms with Crippen molar-refractivity contribution in [1.29, 1.82) is 0 Å². The van der Waals surface area contributed by atoms with Crippen molar-refractivity contribution in [2.75, 3.05) is 45.2 Å². The summed E-state index contributed by atoms with van der Waals surface area (Å²) in [7, 11) is 0. The minimum atomic E-state index is 0.299. The standard InChI is InChI=1S/C20H27NO3S/c22-20-16-2-1-15(13-16)19(20)14-25-18-5-3-17(4-6-18)24-12-9-21-7-10-23-11-8-21/h3-6,15-16,19H,1-2,7-14H2. The zero-order valence-electron chi connectivity index (χ0n) is 14.7.